The molecule has 0 saturated carbocycles. The van der Waals surface area contributed by atoms with Gasteiger partial charge in [0.15, 0.2) is 0 Å². The first kappa shape index (κ1) is 15.5. The second kappa shape index (κ2) is 8.66. The van der Waals surface area contributed by atoms with Crippen molar-refractivity contribution in [1.29, 1.82) is 0 Å². The van der Waals surface area contributed by atoms with Gasteiger partial charge in [-0.1, -0.05) is 19.1 Å². The second-order valence-corrected chi connectivity index (χ2v) is 4.29. The molecule has 1 N–H and O–H groups in total. The maximum atomic E-state index is 9.42. The number of phenolic OH excluding ortho intramolecular Hbond substituents is 1. The Kier molecular flexibility index (Phi) is 7.92. The molecule has 0 aliphatic heterocycles. The summed E-state index contributed by atoms with van der Waals surface area (Å²) >= 11 is 0. The van der Waals surface area contributed by atoms with E-state index in [4.69, 9.17) is 0 Å². The van der Waals surface area contributed by atoms with Crippen molar-refractivity contribution in [1.82, 2.24) is 4.90 Å². The number of nitrogens with zero attached hydrogens (tertiary/aromatic N) is 1. The predicted octanol–water partition coefficient (Wildman–Crippen LogP) is 3.09. The van der Waals surface area contributed by atoms with Crippen molar-refractivity contribution in [2.45, 2.75) is 25.7 Å². The first-order valence-corrected chi connectivity index (χ1v) is 5.90. The van der Waals surface area contributed by atoms with E-state index in [1.165, 1.54) is 5.56 Å². The summed E-state index contributed by atoms with van der Waals surface area (Å²) in [5, 5.41) is 9.42. The Hall–Kier alpha value is -1.46. The van der Waals surface area contributed by atoms with Crippen molar-refractivity contribution in [3.63, 3.8) is 0 Å². The number of aromatic hydroxyl groups is 1. The highest BCUT2D eigenvalue weighted by Gasteiger charge is 2.09. The first-order chi connectivity index (χ1) is 8.13. The van der Waals surface area contributed by atoms with Crippen molar-refractivity contribution < 1.29 is 5.11 Å². The van der Waals surface area contributed by atoms with Gasteiger partial charge in [0.25, 0.3) is 0 Å². The van der Waals surface area contributed by atoms with Gasteiger partial charge in [-0.3, -0.25) is 0 Å². The van der Waals surface area contributed by atoms with Crippen LogP contribution in [0, 0.1) is 12.8 Å². The third-order valence-corrected chi connectivity index (χ3v) is 2.76. The third-order valence-electron chi connectivity index (χ3n) is 2.76. The molecule has 0 spiro atoms. The number of hydrogen-bond donors (Lipinski definition) is 1. The van der Waals surface area contributed by atoms with E-state index in [2.05, 4.69) is 44.8 Å². The lowest BCUT2D eigenvalue weighted by Gasteiger charge is -2.18. The maximum Gasteiger partial charge on any atom is 0.115 e. The fourth-order valence-electron chi connectivity index (χ4n) is 1.80. The van der Waals surface area contributed by atoms with E-state index >= 15 is 0 Å². The molecular weight excluding hydrogens is 210 g/mol. The molecule has 0 aliphatic carbocycles. The van der Waals surface area contributed by atoms with E-state index < -0.39 is 0 Å². The standard InChI is InChI=1S/C13H21NO.C2H2/c1-4-11(8-9-14(2)3)12-6-5-7-13(15)10-12;1-2/h5-7,10-11,15H,4,8-9H2,1-3H3;1-2H/t11-;/m1./s1. The molecule has 1 aromatic carbocycles. The first-order valence-electron chi connectivity index (χ1n) is 5.90. The number of terminal acetylenes is 1. The van der Waals surface area contributed by atoms with Gasteiger partial charge in [-0.2, -0.15) is 0 Å². The zero-order valence-corrected chi connectivity index (χ0v) is 11.1. The Balaban J connectivity index is 0.00000121. The number of phenols is 1. The summed E-state index contributed by atoms with van der Waals surface area (Å²) in [5.41, 5.74) is 1.25. The summed E-state index contributed by atoms with van der Waals surface area (Å²) in [7, 11) is 4.18. The summed E-state index contributed by atoms with van der Waals surface area (Å²) in [6.07, 6.45) is 10.3. The number of benzene rings is 1. The molecule has 0 saturated heterocycles. The average Bonchev–Trinajstić information content (AvgIpc) is 2.32. The molecule has 0 heterocycles. The average molecular weight is 233 g/mol. The summed E-state index contributed by atoms with van der Waals surface area (Å²) in [4.78, 5) is 2.20. The van der Waals surface area contributed by atoms with Crippen molar-refractivity contribution >= 4 is 0 Å². The van der Waals surface area contributed by atoms with Crippen molar-refractivity contribution in [2.24, 2.45) is 0 Å². The summed E-state index contributed by atoms with van der Waals surface area (Å²) in [6, 6.07) is 7.62. The largest absolute Gasteiger partial charge is 0.508 e. The molecule has 0 unspecified atom stereocenters. The van der Waals surface area contributed by atoms with Gasteiger partial charge in [0.2, 0.25) is 0 Å². The van der Waals surface area contributed by atoms with Crippen LogP contribution >= 0.6 is 0 Å². The molecule has 1 rings (SSSR count). The molecular formula is C15H23NO. The van der Waals surface area contributed by atoms with Crippen LogP contribution in [0.3, 0.4) is 0 Å². The fraction of sp³-hybridized carbons (Fsp3) is 0.467. The highest BCUT2D eigenvalue weighted by atomic mass is 16.3. The van der Waals surface area contributed by atoms with Crippen LogP contribution in [0.5, 0.6) is 5.75 Å². The molecule has 2 nitrogen and oxygen atoms in total. The Labute approximate surface area is 105 Å². The minimum absolute atomic E-state index is 0.371. The summed E-state index contributed by atoms with van der Waals surface area (Å²) in [6.45, 7) is 3.29. The van der Waals surface area contributed by atoms with Crippen molar-refractivity contribution in [3.05, 3.63) is 29.8 Å². The molecule has 2 heteroatoms. The van der Waals surface area contributed by atoms with E-state index in [9.17, 15) is 5.11 Å². The van der Waals surface area contributed by atoms with Crippen LogP contribution < -0.4 is 0 Å². The molecule has 17 heavy (non-hydrogen) atoms. The quantitative estimate of drug-likeness (QED) is 0.790. The topological polar surface area (TPSA) is 23.5 Å². The lowest BCUT2D eigenvalue weighted by Crippen LogP contribution is -2.15. The second-order valence-electron chi connectivity index (χ2n) is 4.29. The van der Waals surface area contributed by atoms with E-state index in [0.29, 0.717) is 11.7 Å². The van der Waals surface area contributed by atoms with Crippen LogP contribution in [0.15, 0.2) is 24.3 Å². The smallest absolute Gasteiger partial charge is 0.115 e. The van der Waals surface area contributed by atoms with Gasteiger partial charge in [-0.15, -0.1) is 12.8 Å². The Bertz CT molecular complexity index is 331. The molecule has 0 aromatic heterocycles. The lowest BCUT2D eigenvalue weighted by molar-refractivity contribution is 0.377. The molecule has 0 amide bonds. The van der Waals surface area contributed by atoms with Crippen LogP contribution in [0.2, 0.25) is 0 Å². The van der Waals surface area contributed by atoms with E-state index in [1.54, 1.807) is 6.07 Å². The van der Waals surface area contributed by atoms with Gasteiger partial charge in [-0.25, -0.2) is 0 Å². The van der Waals surface area contributed by atoms with Crippen LogP contribution in [0.4, 0.5) is 0 Å². The van der Waals surface area contributed by atoms with Crippen LogP contribution in [0.25, 0.3) is 0 Å². The van der Waals surface area contributed by atoms with Gasteiger partial charge in [0, 0.05) is 0 Å². The van der Waals surface area contributed by atoms with Gasteiger partial charge in [-0.05, 0) is 57.1 Å². The summed E-state index contributed by atoms with van der Waals surface area (Å²) < 4.78 is 0. The SMILES string of the molecule is C#C.CC[C@H](CCN(C)C)c1cccc(O)c1. The van der Waals surface area contributed by atoms with Crippen molar-refractivity contribution in [2.75, 3.05) is 20.6 Å². The Morgan fingerprint density at radius 3 is 2.41 bits per heavy atom. The molecule has 1 aromatic rings. The number of hydrogen-bond acceptors (Lipinski definition) is 2. The molecule has 0 bridgehead atoms. The van der Waals surface area contributed by atoms with Gasteiger partial charge in [0.1, 0.15) is 5.75 Å². The zero-order chi connectivity index (χ0) is 13.3. The molecule has 0 fully saturated rings. The minimum Gasteiger partial charge on any atom is -0.508 e. The van der Waals surface area contributed by atoms with Gasteiger partial charge in [0.05, 0.1) is 0 Å². The lowest BCUT2D eigenvalue weighted by atomic mass is 9.93. The predicted molar refractivity (Wildman–Crippen MR) is 74.2 cm³/mol. The Morgan fingerprint density at radius 1 is 1.29 bits per heavy atom. The highest BCUT2D eigenvalue weighted by molar-refractivity contribution is 5.29. The molecule has 0 aliphatic rings. The normalized spacial score (nSPS) is 11.6. The van der Waals surface area contributed by atoms with Gasteiger partial charge < -0.3 is 10.0 Å². The van der Waals surface area contributed by atoms with Crippen molar-refractivity contribution in [3.8, 4) is 18.6 Å². The van der Waals surface area contributed by atoms with Gasteiger partial charge >= 0.3 is 0 Å². The number of rotatable bonds is 5. The van der Waals surface area contributed by atoms with E-state index in [1.807, 2.05) is 12.1 Å². The Morgan fingerprint density at radius 2 is 1.94 bits per heavy atom. The molecule has 94 valence electrons. The summed E-state index contributed by atoms with van der Waals surface area (Å²) in [5.74, 6) is 0.926. The van der Waals surface area contributed by atoms with Crippen LogP contribution in [-0.2, 0) is 0 Å². The maximum absolute atomic E-state index is 9.42. The fourth-order valence-corrected chi connectivity index (χ4v) is 1.80. The monoisotopic (exact) mass is 233 g/mol. The zero-order valence-electron chi connectivity index (χ0n) is 11.1. The molecule has 1 atom stereocenters. The van der Waals surface area contributed by atoms with E-state index in [0.717, 1.165) is 19.4 Å². The molecule has 0 radical (unpaired) electrons. The minimum atomic E-state index is 0.371. The van der Waals surface area contributed by atoms with E-state index in [-0.39, 0.29) is 0 Å². The third kappa shape index (κ3) is 5.99. The highest BCUT2D eigenvalue weighted by Crippen LogP contribution is 2.25. The van der Waals surface area contributed by atoms with Crippen LogP contribution in [-0.4, -0.2) is 30.6 Å². The van der Waals surface area contributed by atoms with Crippen LogP contribution in [0.1, 0.15) is 31.2 Å².